The molecule has 1 aliphatic carbocycles. The minimum Gasteiger partial charge on any atom is -0.335 e. The first-order valence-electron chi connectivity index (χ1n) is 8.02. The van der Waals surface area contributed by atoms with Crippen molar-refractivity contribution in [1.29, 1.82) is 0 Å². The minimum atomic E-state index is -0.0963. The van der Waals surface area contributed by atoms with Crippen LogP contribution in [0.4, 0.5) is 4.79 Å². The van der Waals surface area contributed by atoms with Crippen LogP contribution >= 0.6 is 11.6 Å². The molecule has 0 spiro atoms. The molecule has 2 N–H and O–H groups in total. The topological polar surface area (TPSA) is 59.0 Å². The molecule has 120 valence electrons. The maximum Gasteiger partial charge on any atom is 0.315 e. The van der Waals surface area contributed by atoms with Crippen LogP contribution in [0, 0.1) is 0 Å². The maximum absolute atomic E-state index is 12.2. The van der Waals surface area contributed by atoms with E-state index in [4.69, 9.17) is 11.6 Å². The largest absolute Gasteiger partial charge is 0.335 e. The van der Waals surface area contributed by atoms with E-state index in [2.05, 4.69) is 26.3 Å². The third-order valence-electron chi connectivity index (χ3n) is 4.82. The predicted octanol–water partition coefficient (Wildman–Crippen LogP) is 3.23. The molecule has 23 heavy (non-hydrogen) atoms. The fourth-order valence-corrected chi connectivity index (χ4v) is 3.71. The van der Waals surface area contributed by atoms with Crippen LogP contribution in [0.3, 0.4) is 0 Å². The normalized spacial score (nSPS) is 25.5. The molecule has 0 saturated heterocycles. The average molecular weight is 331 g/mol. The number of nitrogens with one attached hydrogen (secondary N) is 2. The van der Waals surface area contributed by atoms with Crippen molar-refractivity contribution in [3.05, 3.63) is 53.1 Å². The Kier molecular flexibility index (Phi) is 3.73. The number of aromatic nitrogens is 2. The van der Waals surface area contributed by atoms with E-state index in [1.165, 1.54) is 5.56 Å². The Hall–Kier alpha value is -2.01. The molecular weight excluding hydrogens is 312 g/mol. The molecule has 2 heterocycles. The fraction of sp³-hybridized carbons (Fsp3) is 0.412. The summed E-state index contributed by atoms with van der Waals surface area (Å²) in [6.07, 6.45) is 6.57. The summed E-state index contributed by atoms with van der Waals surface area (Å²) in [4.78, 5) is 16.5. The third-order valence-corrected chi connectivity index (χ3v) is 5.05. The second-order valence-electron chi connectivity index (χ2n) is 6.36. The van der Waals surface area contributed by atoms with Gasteiger partial charge in [0.25, 0.3) is 0 Å². The number of hydrogen-bond donors (Lipinski definition) is 2. The molecule has 1 aromatic heterocycles. The Morgan fingerprint density at radius 2 is 2.17 bits per heavy atom. The Morgan fingerprint density at radius 3 is 3.00 bits per heavy atom. The van der Waals surface area contributed by atoms with Crippen LogP contribution in [0.2, 0.25) is 5.02 Å². The van der Waals surface area contributed by atoms with E-state index in [-0.39, 0.29) is 18.1 Å². The number of carbonyl (C=O) groups excluding carboxylic acids is 1. The number of aryl methyl sites for hydroxylation is 1. The lowest BCUT2D eigenvalue weighted by Gasteiger charge is -2.36. The summed E-state index contributed by atoms with van der Waals surface area (Å²) in [5.41, 5.74) is 1.26. The molecule has 2 aliphatic rings. The molecule has 2 amide bonds. The highest BCUT2D eigenvalue weighted by atomic mass is 35.5. The summed E-state index contributed by atoms with van der Waals surface area (Å²) in [5, 5.41) is 6.86. The zero-order chi connectivity index (χ0) is 15.8. The van der Waals surface area contributed by atoms with Gasteiger partial charge in [0.1, 0.15) is 5.82 Å². The SMILES string of the molecule is O=C(NC1CC(c2cccc(Cl)c2)C1)NC1CCn2ccnc21. The Morgan fingerprint density at radius 1 is 1.30 bits per heavy atom. The van der Waals surface area contributed by atoms with Gasteiger partial charge in [-0.1, -0.05) is 23.7 Å². The van der Waals surface area contributed by atoms with Crippen LogP contribution in [0.25, 0.3) is 0 Å². The van der Waals surface area contributed by atoms with Crippen LogP contribution in [0.1, 0.15) is 42.6 Å². The molecule has 6 heteroatoms. The van der Waals surface area contributed by atoms with Gasteiger partial charge in [-0.05, 0) is 42.9 Å². The number of nitrogens with zero attached hydrogens (tertiary/aromatic N) is 2. The highest BCUT2D eigenvalue weighted by Gasteiger charge is 2.32. The molecule has 2 aromatic rings. The maximum atomic E-state index is 12.2. The van der Waals surface area contributed by atoms with Crippen molar-refractivity contribution >= 4 is 17.6 Å². The Labute approximate surface area is 140 Å². The number of amides is 2. The standard InChI is InChI=1S/C17H19ClN4O/c18-13-3-1-2-11(8-13)12-9-14(10-12)20-17(23)21-15-4-6-22-7-5-19-16(15)22/h1-3,5,7-8,12,14-15H,4,6,9-10H2,(H2,20,21,23). The number of rotatable bonds is 3. The van der Waals surface area contributed by atoms with Crippen molar-refractivity contribution in [3.63, 3.8) is 0 Å². The van der Waals surface area contributed by atoms with Crippen LogP contribution in [0.5, 0.6) is 0 Å². The van der Waals surface area contributed by atoms with Crippen molar-refractivity contribution in [2.75, 3.05) is 0 Å². The molecular formula is C17H19ClN4O. The van der Waals surface area contributed by atoms with E-state index >= 15 is 0 Å². The number of hydrogen-bond acceptors (Lipinski definition) is 2. The van der Waals surface area contributed by atoms with Crippen molar-refractivity contribution in [2.24, 2.45) is 0 Å². The van der Waals surface area contributed by atoms with Gasteiger partial charge in [-0.15, -0.1) is 0 Å². The van der Waals surface area contributed by atoms with Crippen LogP contribution in [-0.2, 0) is 6.54 Å². The average Bonchev–Trinajstić information content (AvgIpc) is 3.07. The van der Waals surface area contributed by atoms with Crippen molar-refractivity contribution in [3.8, 4) is 0 Å². The van der Waals surface area contributed by atoms with Crippen molar-refractivity contribution < 1.29 is 4.79 Å². The van der Waals surface area contributed by atoms with Gasteiger partial charge in [0.15, 0.2) is 0 Å². The van der Waals surface area contributed by atoms with Crippen molar-refractivity contribution in [1.82, 2.24) is 20.2 Å². The molecule has 1 aliphatic heterocycles. The lowest BCUT2D eigenvalue weighted by molar-refractivity contribution is 0.219. The van der Waals surface area contributed by atoms with Crippen LogP contribution in [-0.4, -0.2) is 21.6 Å². The number of fused-ring (bicyclic) bond motifs is 1. The fourth-order valence-electron chi connectivity index (χ4n) is 3.51. The van der Waals surface area contributed by atoms with Crippen molar-refractivity contribution in [2.45, 2.75) is 43.8 Å². The van der Waals surface area contributed by atoms with E-state index in [0.717, 1.165) is 36.7 Å². The zero-order valence-electron chi connectivity index (χ0n) is 12.7. The molecule has 5 nitrogen and oxygen atoms in total. The summed E-state index contributed by atoms with van der Waals surface area (Å²) in [6.45, 7) is 0.917. The van der Waals surface area contributed by atoms with Gasteiger partial charge in [0, 0.05) is 30.0 Å². The monoisotopic (exact) mass is 330 g/mol. The van der Waals surface area contributed by atoms with Gasteiger partial charge >= 0.3 is 6.03 Å². The van der Waals surface area contributed by atoms with Gasteiger partial charge in [-0.2, -0.15) is 0 Å². The predicted molar refractivity (Wildman–Crippen MR) is 88.5 cm³/mol. The summed E-state index contributed by atoms with van der Waals surface area (Å²) in [5.74, 6) is 1.44. The highest BCUT2D eigenvalue weighted by molar-refractivity contribution is 6.30. The summed E-state index contributed by atoms with van der Waals surface area (Å²) in [7, 11) is 0. The molecule has 1 aromatic carbocycles. The molecule has 1 saturated carbocycles. The van der Waals surface area contributed by atoms with Gasteiger partial charge in [0.2, 0.25) is 0 Å². The number of imidazole rings is 1. The molecule has 0 radical (unpaired) electrons. The Bertz CT molecular complexity index is 723. The quantitative estimate of drug-likeness (QED) is 0.907. The zero-order valence-corrected chi connectivity index (χ0v) is 13.5. The van der Waals surface area contributed by atoms with Gasteiger partial charge < -0.3 is 15.2 Å². The molecule has 1 unspecified atom stereocenters. The summed E-state index contributed by atoms with van der Waals surface area (Å²) in [6, 6.07) is 8.15. The number of urea groups is 1. The Balaban J connectivity index is 1.27. The van der Waals surface area contributed by atoms with E-state index in [1.807, 2.05) is 24.4 Å². The van der Waals surface area contributed by atoms with Gasteiger partial charge in [0.05, 0.1) is 6.04 Å². The highest BCUT2D eigenvalue weighted by Crippen LogP contribution is 2.37. The first kappa shape index (κ1) is 14.6. The van der Waals surface area contributed by atoms with E-state index in [9.17, 15) is 4.79 Å². The van der Waals surface area contributed by atoms with Gasteiger partial charge in [-0.3, -0.25) is 0 Å². The lowest BCUT2D eigenvalue weighted by atomic mass is 9.76. The smallest absolute Gasteiger partial charge is 0.315 e. The minimum absolute atomic E-state index is 0.0220. The summed E-state index contributed by atoms with van der Waals surface area (Å²) >= 11 is 6.03. The van der Waals surface area contributed by atoms with Crippen LogP contribution in [0.15, 0.2) is 36.7 Å². The number of benzene rings is 1. The summed E-state index contributed by atoms with van der Waals surface area (Å²) < 4.78 is 2.09. The van der Waals surface area contributed by atoms with E-state index in [0.29, 0.717) is 5.92 Å². The molecule has 4 rings (SSSR count). The molecule has 0 bridgehead atoms. The molecule has 1 atom stereocenters. The second-order valence-corrected chi connectivity index (χ2v) is 6.79. The molecule has 1 fully saturated rings. The second kappa shape index (κ2) is 5.89. The number of carbonyl (C=O) groups is 1. The lowest BCUT2D eigenvalue weighted by Crippen LogP contribution is -2.48. The number of halogens is 1. The van der Waals surface area contributed by atoms with E-state index in [1.54, 1.807) is 6.20 Å². The third kappa shape index (κ3) is 2.93. The first-order chi connectivity index (χ1) is 11.2. The first-order valence-corrected chi connectivity index (χ1v) is 8.40. The van der Waals surface area contributed by atoms with E-state index < -0.39 is 0 Å². The van der Waals surface area contributed by atoms with Gasteiger partial charge in [-0.25, -0.2) is 9.78 Å². The van der Waals surface area contributed by atoms with Crippen LogP contribution < -0.4 is 10.6 Å².